The molecular weight excluding hydrogens is 606 g/mol. The second kappa shape index (κ2) is 11.2. The summed E-state index contributed by atoms with van der Waals surface area (Å²) in [5, 5.41) is 27.8. The molecule has 8 rings (SSSR count). The molecule has 2 aliphatic heterocycles. The van der Waals surface area contributed by atoms with E-state index in [9.17, 15) is 10.2 Å². The maximum atomic E-state index is 17.3. The first kappa shape index (κ1) is 30.2. The van der Waals surface area contributed by atoms with Gasteiger partial charge < -0.3 is 29.5 Å². The molecule has 10 nitrogen and oxygen atoms in total. The summed E-state index contributed by atoms with van der Waals surface area (Å²) in [5.74, 6) is -0.798. The van der Waals surface area contributed by atoms with E-state index in [1.807, 2.05) is 11.8 Å². The van der Waals surface area contributed by atoms with Crippen molar-refractivity contribution < 1.29 is 28.5 Å². The molecule has 1 saturated carbocycles. The van der Waals surface area contributed by atoms with E-state index >= 15 is 8.78 Å². The second-order valence-corrected chi connectivity index (χ2v) is 13.7. The van der Waals surface area contributed by atoms with Gasteiger partial charge in [0.2, 0.25) is 0 Å². The number of hydrogen-bond acceptors (Lipinski definition) is 9. The number of nitrogens with zero attached hydrogens (tertiary/aromatic N) is 6. The lowest BCUT2D eigenvalue weighted by Crippen LogP contribution is -2.42. The SMILES string of the molecule is CCc1c(F)ccc2cc(O)cc(-c3c(F)c4nc(OCC5(CN6CCC6)CC5)nc(N5CCOCC(C)(O)C5)c4c4ccnn34)c12. The first-order valence-corrected chi connectivity index (χ1v) is 16.4. The van der Waals surface area contributed by atoms with E-state index < -0.39 is 17.2 Å². The molecule has 3 aliphatic rings. The molecule has 1 atom stereocenters. The zero-order valence-electron chi connectivity index (χ0n) is 26.6. The van der Waals surface area contributed by atoms with E-state index in [2.05, 4.69) is 10.00 Å². The number of β-amino-alcohol motifs (C(OH)–C–C–N with tert-alkyl or cyclic N) is 1. The van der Waals surface area contributed by atoms with E-state index in [4.69, 9.17) is 19.4 Å². The molecule has 2 aromatic carbocycles. The smallest absolute Gasteiger partial charge is 0.319 e. The maximum Gasteiger partial charge on any atom is 0.319 e. The van der Waals surface area contributed by atoms with Gasteiger partial charge in [0.1, 0.15) is 34.2 Å². The molecule has 0 bridgehead atoms. The molecule has 0 spiro atoms. The summed E-state index contributed by atoms with van der Waals surface area (Å²) < 4.78 is 46.0. The summed E-state index contributed by atoms with van der Waals surface area (Å²) in [6.07, 6.45) is 5.23. The predicted octanol–water partition coefficient (Wildman–Crippen LogP) is 5.10. The summed E-state index contributed by atoms with van der Waals surface area (Å²) in [6.45, 7) is 8.18. The normalized spacial score (nSPS) is 21.3. The molecule has 2 saturated heterocycles. The van der Waals surface area contributed by atoms with Crippen LogP contribution in [0.5, 0.6) is 11.8 Å². The minimum Gasteiger partial charge on any atom is -0.508 e. The molecule has 246 valence electrons. The zero-order valence-corrected chi connectivity index (χ0v) is 26.6. The standard InChI is InChI=1S/C35H38F2N6O4/c1-3-23-25(36)6-5-21-15-22(44)16-24(27(21)23)31-29(37)30-28(26-7-10-38-43(26)31)32(42-13-14-46-19-34(2,45)17-42)40-33(39-30)47-20-35(8-9-35)18-41-11-4-12-41/h5-7,10,15-16,44-45H,3-4,8-9,11-14,17-20H2,1-2H3. The summed E-state index contributed by atoms with van der Waals surface area (Å²) >= 11 is 0. The van der Waals surface area contributed by atoms with Crippen LogP contribution < -0.4 is 9.64 Å². The van der Waals surface area contributed by atoms with Gasteiger partial charge in [0.05, 0.1) is 43.5 Å². The van der Waals surface area contributed by atoms with Crippen molar-refractivity contribution in [1.82, 2.24) is 24.5 Å². The van der Waals surface area contributed by atoms with Crippen LogP contribution in [0.25, 0.3) is 38.4 Å². The van der Waals surface area contributed by atoms with Gasteiger partial charge in [-0.3, -0.25) is 0 Å². The number of halogens is 2. The fourth-order valence-corrected chi connectivity index (χ4v) is 7.20. The fourth-order valence-electron chi connectivity index (χ4n) is 7.20. The fraction of sp³-hybridized carbons (Fsp3) is 0.457. The van der Waals surface area contributed by atoms with Crippen LogP contribution in [0.4, 0.5) is 14.6 Å². The molecule has 0 amide bonds. The van der Waals surface area contributed by atoms with Crippen LogP contribution in [-0.2, 0) is 11.2 Å². The Morgan fingerprint density at radius 2 is 1.89 bits per heavy atom. The number of phenols is 1. The van der Waals surface area contributed by atoms with Crippen molar-refractivity contribution in [3.8, 4) is 23.0 Å². The largest absolute Gasteiger partial charge is 0.508 e. The molecule has 5 aromatic rings. The topological polar surface area (TPSA) is 108 Å². The van der Waals surface area contributed by atoms with Crippen LogP contribution in [0.3, 0.4) is 0 Å². The quantitative estimate of drug-likeness (QED) is 0.239. The lowest BCUT2D eigenvalue weighted by atomic mass is 9.94. The lowest BCUT2D eigenvalue weighted by molar-refractivity contribution is -0.0123. The summed E-state index contributed by atoms with van der Waals surface area (Å²) in [4.78, 5) is 13.9. The Labute approximate surface area is 270 Å². The lowest BCUT2D eigenvalue weighted by Gasteiger charge is -2.34. The van der Waals surface area contributed by atoms with Gasteiger partial charge in [-0.15, -0.1) is 0 Å². The third-order valence-electron chi connectivity index (χ3n) is 9.88. The van der Waals surface area contributed by atoms with Crippen LogP contribution in [0.2, 0.25) is 0 Å². The minimum absolute atomic E-state index is 0.0105. The molecule has 47 heavy (non-hydrogen) atoms. The van der Waals surface area contributed by atoms with Gasteiger partial charge in [-0.2, -0.15) is 15.1 Å². The number of fused-ring (bicyclic) bond motifs is 4. The number of hydrogen-bond donors (Lipinski definition) is 2. The molecule has 12 heteroatoms. The number of anilines is 1. The number of ether oxygens (including phenoxy) is 2. The molecule has 1 aliphatic carbocycles. The molecule has 3 aromatic heterocycles. The Hall–Kier alpha value is -4.13. The summed E-state index contributed by atoms with van der Waals surface area (Å²) in [5.41, 5.74) is 0.121. The van der Waals surface area contributed by atoms with E-state index in [1.165, 1.54) is 23.1 Å². The van der Waals surface area contributed by atoms with Crippen molar-refractivity contribution in [1.29, 1.82) is 0 Å². The van der Waals surface area contributed by atoms with E-state index in [-0.39, 0.29) is 41.5 Å². The van der Waals surface area contributed by atoms with Crippen molar-refractivity contribution in [2.24, 2.45) is 5.41 Å². The Kier molecular flexibility index (Phi) is 7.23. The number of benzene rings is 2. The highest BCUT2D eigenvalue weighted by Gasteiger charge is 2.46. The number of aliphatic hydroxyl groups is 1. The van der Waals surface area contributed by atoms with Crippen LogP contribution in [0, 0.1) is 17.0 Å². The summed E-state index contributed by atoms with van der Waals surface area (Å²) in [6, 6.07) is 7.74. The Bertz CT molecular complexity index is 2020. The van der Waals surface area contributed by atoms with Gasteiger partial charge in [-0.05, 0) is 86.3 Å². The first-order chi connectivity index (χ1) is 22.7. The zero-order chi connectivity index (χ0) is 32.5. The number of aromatic hydroxyl groups is 1. The molecular formula is C35H38F2N6O4. The van der Waals surface area contributed by atoms with Crippen molar-refractivity contribution >= 4 is 33.0 Å². The third-order valence-corrected chi connectivity index (χ3v) is 9.88. The van der Waals surface area contributed by atoms with Gasteiger partial charge in [0.25, 0.3) is 0 Å². The van der Waals surface area contributed by atoms with Crippen molar-refractivity contribution in [2.75, 3.05) is 57.4 Å². The Morgan fingerprint density at radius 3 is 2.64 bits per heavy atom. The number of pyridine rings is 1. The Morgan fingerprint density at radius 1 is 1.06 bits per heavy atom. The van der Waals surface area contributed by atoms with Gasteiger partial charge in [-0.25, -0.2) is 13.3 Å². The highest BCUT2D eigenvalue weighted by atomic mass is 19.1. The van der Waals surface area contributed by atoms with E-state index in [0.29, 0.717) is 64.8 Å². The number of phenolic OH excluding ortho intramolecular Hbond substituents is 1. The Balaban J connectivity index is 1.35. The van der Waals surface area contributed by atoms with Crippen molar-refractivity contribution in [3.63, 3.8) is 0 Å². The average Bonchev–Trinajstić information content (AvgIpc) is 3.68. The minimum atomic E-state index is -1.18. The van der Waals surface area contributed by atoms with E-state index in [1.54, 1.807) is 31.3 Å². The number of aromatic nitrogens is 4. The van der Waals surface area contributed by atoms with E-state index in [0.717, 1.165) is 32.5 Å². The van der Waals surface area contributed by atoms with Crippen LogP contribution in [0.1, 0.15) is 38.7 Å². The monoisotopic (exact) mass is 644 g/mol. The molecule has 5 heterocycles. The maximum absolute atomic E-state index is 17.3. The van der Waals surface area contributed by atoms with Crippen molar-refractivity contribution in [2.45, 2.75) is 45.1 Å². The predicted molar refractivity (Wildman–Crippen MR) is 174 cm³/mol. The van der Waals surface area contributed by atoms with Crippen LogP contribution >= 0.6 is 0 Å². The van der Waals surface area contributed by atoms with Crippen LogP contribution in [0.15, 0.2) is 36.5 Å². The highest BCUT2D eigenvalue weighted by Crippen LogP contribution is 2.47. The third kappa shape index (κ3) is 5.32. The molecule has 3 fully saturated rings. The molecule has 0 radical (unpaired) electrons. The van der Waals surface area contributed by atoms with Crippen LogP contribution in [-0.4, -0.2) is 92.8 Å². The number of likely N-dealkylation sites (tertiary alicyclic amines) is 1. The summed E-state index contributed by atoms with van der Waals surface area (Å²) in [7, 11) is 0. The molecule has 1 unspecified atom stereocenters. The van der Waals surface area contributed by atoms with Gasteiger partial charge in [0, 0.05) is 24.1 Å². The van der Waals surface area contributed by atoms with Crippen molar-refractivity contribution in [3.05, 3.63) is 53.7 Å². The van der Waals surface area contributed by atoms with Gasteiger partial charge in [-0.1, -0.05) is 13.0 Å². The highest BCUT2D eigenvalue weighted by molar-refractivity contribution is 6.07. The number of rotatable bonds is 8. The van der Waals surface area contributed by atoms with Gasteiger partial charge >= 0.3 is 6.01 Å². The average molecular weight is 645 g/mol. The molecule has 2 N–H and O–H groups in total. The first-order valence-electron chi connectivity index (χ1n) is 16.4. The number of aryl methyl sites for hydroxylation is 1. The van der Waals surface area contributed by atoms with Gasteiger partial charge in [0.15, 0.2) is 5.82 Å². The second-order valence-electron chi connectivity index (χ2n) is 13.7.